The molecule has 3 N–H and O–H groups in total. The Balaban J connectivity index is 0.00000253. The van der Waals surface area contributed by atoms with E-state index < -0.39 is 0 Å². The van der Waals surface area contributed by atoms with E-state index in [0.717, 1.165) is 43.2 Å². The van der Waals surface area contributed by atoms with Crippen molar-refractivity contribution in [2.75, 3.05) is 26.8 Å². The number of hydrogen-bond donors (Lipinski definition) is 2. The van der Waals surface area contributed by atoms with Crippen LogP contribution in [0.2, 0.25) is 5.02 Å². The number of nitrogens with one attached hydrogen (secondary N) is 1. The molecule has 39 heavy (non-hydrogen) atoms. The number of rotatable bonds is 9. The molecule has 0 saturated heterocycles. The Bertz CT molecular complexity index is 1260. The standard InChI is InChI=1S/C28H33ClN4O3.3ClH/c1-36-16-4-15-31-27(35)21-6-2-5-20(17-21)25-9-10-26(34)33(32-25)24-11-13-28(19-30,14-12-24)22-7-3-8-23(29)18-22;;;/h2-3,5-10,17-18,24H,4,11-16,19,30H2,1H3,(H,31,35);3*1H. The molecule has 1 aromatic heterocycles. The van der Waals surface area contributed by atoms with Gasteiger partial charge in [0, 0.05) is 54.4 Å². The van der Waals surface area contributed by atoms with Gasteiger partial charge < -0.3 is 15.8 Å². The van der Waals surface area contributed by atoms with E-state index in [4.69, 9.17) is 27.2 Å². The van der Waals surface area contributed by atoms with Crippen LogP contribution in [0.5, 0.6) is 0 Å². The Labute approximate surface area is 253 Å². The second kappa shape index (κ2) is 16.2. The minimum atomic E-state index is -0.146. The van der Waals surface area contributed by atoms with Gasteiger partial charge in [-0.15, -0.1) is 37.2 Å². The summed E-state index contributed by atoms with van der Waals surface area (Å²) in [6.07, 6.45) is 4.05. The second-order valence-electron chi connectivity index (χ2n) is 9.41. The smallest absolute Gasteiger partial charge is 0.267 e. The van der Waals surface area contributed by atoms with Crippen LogP contribution < -0.4 is 16.6 Å². The topological polar surface area (TPSA) is 99.2 Å². The fraction of sp³-hybridized carbons (Fsp3) is 0.393. The van der Waals surface area contributed by atoms with Gasteiger partial charge in [-0.3, -0.25) is 9.59 Å². The van der Waals surface area contributed by atoms with Gasteiger partial charge in [0.15, 0.2) is 0 Å². The highest BCUT2D eigenvalue weighted by atomic mass is 35.5. The van der Waals surface area contributed by atoms with Crippen molar-refractivity contribution in [2.24, 2.45) is 5.73 Å². The van der Waals surface area contributed by atoms with Gasteiger partial charge >= 0.3 is 0 Å². The molecule has 3 aromatic rings. The Morgan fingerprint density at radius 1 is 1.10 bits per heavy atom. The zero-order chi connectivity index (χ0) is 25.5. The van der Waals surface area contributed by atoms with Crippen molar-refractivity contribution in [3.63, 3.8) is 0 Å². The van der Waals surface area contributed by atoms with Crippen LogP contribution in [0.15, 0.2) is 65.5 Å². The number of methoxy groups -OCH3 is 1. The van der Waals surface area contributed by atoms with Gasteiger partial charge in [0.2, 0.25) is 0 Å². The number of carbonyl (C=O) groups is 1. The summed E-state index contributed by atoms with van der Waals surface area (Å²) in [4.78, 5) is 25.3. The lowest BCUT2D eigenvalue weighted by Gasteiger charge is -2.40. The average Bonchev–Trinajstić information content (AvgIpc) is 2.91. The van der Waals surface area contributed by atoms with Crippen molar-refractivity contribution in [1.82, 2.24) is 15.1 Å². The van der Waals surface area contributed by atoms with Crippen LogP contribution in [0.4, 0.5) is 0 Å². The van der Waals surface area contributed by atoms with E-state index in [1.807, 2.05) is 36.4 Å². The number of hydrogen-bond acceptors (Lipinski definition) is 5. The summed E-state index contributed by atoms with van der Waals surface area (Å²) in [5.41, 5.74) is 9.14. The molecule has 1 aliphatic carbocycles. The Morgan fingerprint density at radius 3 is 2.49 bits per heavy atom. The third-order valence-electron chi connectivity index (χ3n) is 7.14. The molecule has 0 radical (unpaired) electrons. The van der Waals surface area contributed by atoms with Crippen molar-refractivity contribution in [2.45, 2.75) is 43.6 Å². The van der Waals surface area contributed by atoms with E-state index in [1.54, 1.807) is 30.0 Å². The van der Waals surface area contributed by atoms with Gasteiger partial charge in [0.05, 0.1) is 11.7 Å². The summed E-state index contributed by atoms with van der Waals surface area (Å²) in [5, 5.41) is 8.33. The fourth-order valence-corrected chi connectivity index (χ4v) is 5.20. The van der Waals surface area contributed by atoms with Crippen LogP contribution in [0.3, 0.4) is 0 Å². The lowest BCUT2D eigenvalue weighted by atomic mass is 9.68. The Kier molecular flexibility index (Phi) is 14.5. The molecule has 0 bridgehead atoms. The van der Waals surface area contributed by atoms with Crippen molar-refractivity contribution in [3.05, 3.63) is 87.2 Å². The monoisotopic (exact) mass is 616 g/mol. The van der Waals surface area contributed by atoms with Crippen molar-refractivity contribution < 1.29 is 9.53 Å². The van der Waals surface area contributed by atoms with Crippen LogP contribution in [0.1, 0.15) is 54.1 Å². The van der Waals surface area contributed by atoms with E-state index in [2.05, 4.69) is 11.4 Å². The lowest BCUT2D eigenvalue weighted by Crippen LogP contribution is -2.41. The number of amides is 1. The van der Waals surface area contributed by atoms with Crippen LogP contribution in [-0.2, 0) is 10.2 Å². The number of aromatic nitrogens is 2. The maximum absolute atomic E-state index is 12.8. The van der Waals surface area contributed by atoms with Crippen molar-refractivity contribution >= 4 is 54.7 Å². The molecule has 4 rings (SSSR count). The van der Waals surface area contributed by atoms with Crippen LogP contribution in [-0.4, -0.2) is 42.5 Å². The zero-order valence-electron chi connectivity index (χ0n) is 21.8. The fourth-order valence-electron chi connectivity index (χ4n) is 5.01. The van der Waals surface area contributed by atoms with Gasteiger partial charge in [0.1, 0.15) is 0 Å². The summed E-state index contributed by atoms with van der Waals surface area (Å²) in [5.74, 6) is -0.146. The first kappa shape index (κ1) is 34.9. The quantitative estimate of drug-likeness (QED) is 0.304. The number of nitrogens with two attached hydrogens (primary N) is 1. The van der Waals surface area contributed by atoms with E-state index >= 15 is 0 Å². The maximum Gasteiger partial charge on any atom is 0.267 e. The summed E-state index contributed by atoms with van der Waals surface area (Å²) >= 11 is 6.25. The van der Waals surface area contributed by atoms with Crippen molar-refractivity contribution in [1.29, 1.82) is 0 Å². The molecule has 1 heterocycles. The minimum absolute atomic E-state index is 0. The SMILES string of the molecule is COCCCNC(=O)c1cccc(-c2ccc(=O)n(C3CCC(CN)(c4cccc(Cl)c4)CC3)n2)c1.Cl.Cl.Cl. The van der Waals surface area contributed by atoms with Gasteiger partial charge in [-0.05, 0) is 68.0 Å². The molecule has 0 atom stereocenters. The third-order valence-corrected chi connectivity index (χ3v) is 7.38. The molecule has 1 aliphatic rings. The largest absolute Gasteiger partial charge is 0.385 e. The van der Waals surface area contributed by atoms with Crippen LogP contribution >= 0.6 is 48.8 Å². The number of benzene rings is 2. The average molecular weight is 618 g/mol. The van der Waals surface area contributed by atoms with Crippen molar-refractivity contribution in [3.8, 4) is 11.3 Å². The van der Waals surface area contributed by atoms with Gasteiger partial charge in [-0.2, -0.15) is 5.10 Å². The predicted molar refractivity (Wildman–Crippen MR) is 164 cm³/mol. The minimum Gasteiger partial charge on any atom is -0.385 e. The Hall–Kier alpha value is -2.13. The molecule has 2 aromatic carbocycles. The van der Waals surface area contributed by atoms with Gasteiger partial charge in [0.25, 0.3) is 11.5 Å². The van der Waals surface area contributed by atoms with Crippen LogP contribution in [0, 0.1) is 0 Å². The molecule has 214 valence electrons. The molecule has 0 spiro atoms. The summed E-state index contributed by atoms with van der Waals surface area (Å²) in [7, 11) is 1.64. The highest BCUT2D eigenvalue weighted by Crippen LogP contribution is 2.42. The molecular formula is C28H36Cl4N4O3. The van der Waals surface area contributed by atoms with Crippen LogP contribution in [0.25, 0.3) is 11.3 Å². The molecule has 1 fully saturated rings. The van der Waals surface area contributed by atoms with E-state index in [9.17, 15) is 9.59 Å². The van der Waals surface area contributed by atoms with Gasteiger partial charge in [-0.1, -0.05) is 35.9 Å². The maximum atomic E-state index is 12.8. The molecule has 0 unspecified atom stereocenters. The molecule has 0 aliphatic heterocycles. The summed E-state index contributed by atoms with van der Waals surface area (Å²) < 4.78 is 6.63. The van der Waals surface area contributed by atoms with E-state index in [1.165, 1.54) is 0 Å². The predicted octanol–water partition coefficient (Wildman–Crippen LogP) is 5.61. The highest BCUT2D eigenvalue weighted by molar-refractivity contribution is 6.30. The van der Waals surface area contributed by atoms with E-state index in [-0.39, 0.29) is 60.1 Å². The summed E-state index contributed by atoms with van der Waals surface area (Å²) in [6, 6.07) is 18.5. The molecule has 1 amide bonds. The lowest BCUT2D eigenvalue weighted by molar-refractivity contribution is 0.0948. The number of halogens is 4. The Morgan fingerprint density at radius 2 is 1.82 bits per heavy atom. The first-order chi connectivity index (χ1) is 17.5. The molecular weight excluding hydrogens is 582 g/mol. The third kappa shape index (κ3) is 8.43. The number of nitrogens with zero attached hydrogens (tertiary/aromatic N) is 2. The molecule has 7 nitrogen and oxygen atoms in total. The molecule has 1 saturated carbocycles. The van der Waals surface area contributed by atoms with E-state index in [0.29, 0.717) is 36.0 Å². The first-order valence-electron chi connectivity index (χ1n) is 12.4. The zero-order valence-corrected chi connectivity index (χ0v) is 25.0. The number of ether oxygens (including phenoxy) is 1. The van der Waals surface area contributed by atoms with Gasteiger partial charge in [-0.25, -0.2) is 4.68 Å². The number of carbonyl (C=O) groups excluding carboxylic acids is 1. The second-order valence-corrected chi connectivity index (χ2v) is 9.85. The summed E-state index contributed by atoms with van der Waals surface area (Å²) in [6.45, 7) is 1.67. The normalized spacial score (nSPS) is 18.2. The first-order valence-corrected chi connectivity index (χ1v) is 12.8. The highest BCUT2D eigenvalue weighted by Gasteiger charge is 2.37. The molecule has 11 heteroatoms.